The molecule has 0 radical (unpaired) electrons. The van der Waals surface area contributed by atoms with Crippen molar-refractivity contribution in [2.45, 2.75) is 24.7 Å². The van der Waals surface area contributed by atoms with Gasteiger partial charge in [-0.15, -0.1) is 0 Å². The van der Waals surface area contributed by atoms with Gasteiger partial charge < -0.3 is 30.1 Å². The van der Waals surface area contributed by atoms with Crippen molar-refractivity contribution < 1.29 is 42.5 Å². The van der Waals surface area contributed by atoms with Crippen molar-refractivity contribution in [1.29, 1.82) is 0 Å². The Morgan fingerprint density at radius 1 is 1.07 bits per heavy atom. The first-order chi connectivity index (χ1) is 18.6. The van der Waals surface area contributed by atoms with Crippen LogP contribution in [-0.2, 0) is 31.1 Å². The molecule has 14 heteroatoms. The van der Waals surface area contributed by atoms with Gasteiger partial charge in [-0.05, 0) is 60.0 Å². The number of rotatable bonds is 12. The lowest BCUT2D eigenvalue weighted by Crippen LogP contribution is -2.50. The van der Waals surface area contributed by atoms with Gasteiger partial charge in [-0.2, -0.15) is 0 Å². The van der Waals surface area contributed by atoms with E-state index in [1.54, 1.807) is 43.3 Å². The Morgan fingerprint density at radius 3 is 2.35 bits per heavy atom. The number of aliphatic hydroxyl groups is 1. The number of amides is 1. The van der Waals surface area contributed by atoms with Crippen LogP contribution in [0, 0.1) is 0 Å². The van der Waals surface area contributed by atoms with Gasteiger partial charge in [0.15, 0.2) is 0 Å². The van der Waals surface area contributed by atoms with Gasteiger partial charge in [-0.3, -0.25) is 19.4 Å². The molecule has 0 aromatic heterocycles. The highest BCUT2D eigenvalue weighted by atomic mass is 32.2. The number of anilines is 2. The number of methoxy groups -OCH3 is 1. The van der Waals surface area contributed by atoms with E-state index in [1.165, 1.54) is 37.4 Å². The first-order valence-corrected chi connectivity index (χ1v) is 15.6. The second kappa shape index (κ2) is 12.4. The summed E-state index contributed by atoms with van der Waals surface area (Å²) in [5.74, 6) is -0.284. The molecule has 0 fully saturated rings. The molecule has 0 aliphatic heterocycles. The Bertz CT molecular complexity index is 1510. The van der Waals surface area contributed by atoms with Crippen LogP contribution in [0.3, 0.4) is 0 Å². The number of sulfonamides is 1. The minimum Gasteiger partial charge on any atom is -0.506 e. The van der Waals surface area contributed by atoms with Gasteiger partial charge in [-0.25, -0.2) is 8.42 Å². The molecular formula is C26H32N3O9PS. The van der Waals surface area contributed by atoms with Crippen LogP contribution in [0.15, 0.2) is 66.7 Å². The zero-order chi connectivity index (χ0) is 29.7. The standard InChI is InChI=1S/C26H32N3O9PS/c1-26(19-8-10-21(38-2)11-9-19,25(32)28-20-6-4-5-17(13-20)16-39(33,34)35)27-15-24(31)18-7-12-23(30)22(14-18)29-40(3,36)37/h4-14,24,27,29-31H,15-16H2,1-3H3,(H,28,32)(H2,33,34,35)/t24?,26-/m0/s1. The maximum atomic E-state index is 13.6. The summed E-state index contributed by atoms with van der Waals surface area (Å²) in [4.78, 5) is 32.2. The Labute approximate surface area is 232 Å². The molecule has 0 aliphatic carbocycles. The van der Waals surface area contributed by atoms with Crippen molar-refractivity contribution in [2.75, 3.05) is 29.9 Å². The van der Waals surface area contributed by atoms with E-state index in [0.717, 1.165) is 6.26 Å². The summed E-state index contributed by atoms with van der Waals surface area (Å²) in [5.41, 5.74) is -0.0740. The molecule has 1 amide bonds. The molecule has 12 nitrogen and oxygen atoms in total. The highest BCUT2D eigenvalue weighted by Crippen LogP contribution is 2.39. The average Bonchev–Trinajstić information content (AvgIpc) is 2.86. The molecule has 216 valence electrons. The summed E-state index contributed by atoms with van der Waals surface area (Å²) >= 11 is 0. The van der Waals surface area contributed by atoms with Gasteiger partial charge in [0.05, 0.1) is 31.3 Å². The third-order valence-electron chi connectivity index (χ3n) is 6.04. The van der Waals surface area contributed by atoms with E-state index in [1.807, 2.05) is 0 Å². The molecule has 0 saturated heterocycles. The molecule has 3 rings (SSSR count). The van der Waals surface area contributed by atoms with Gasteiger partial charge in [-0.1, -0.05) is 30.3 Å². The van der Waals surface area contributed by atoms with Crippen molar-refractivity contribution in [3.63, 3.8) is 0 Å². The van der Waals surface area contributed by atoms with Crippen molar-refractivity contribution in [2.24, 2.45) is 0 Å². The predicted molar refractivity (Wildman–Crippen MR) is 151 cm³/mol. The third-order valence-corrected chi connectivity index (χ3v) is 7.41. The number of hydrogen-bond donors (Lipinski definition) is 7. The normalized spacial score (nSPS) is 14.2. The van der Waals surface area contributed by atoms with Crippen LogP contribution in [0.2, 0.25) is 0 Å². The van der Waals surface area contributed by atoms with Crippen molar-refractivity contribution in [3.8, 4) is 11.5 Å². The maximum Gasteiger partial charge on any atom is 0.329 e. The molecule has 0 aliphatic rings. The number of phenols is 1. The summed E-state index contributed by atoms with van der Waals surface area (Å²) in [7, 11) is -6.50. The topological polar surface area (TPSA) is 195 Å². The van der Waals surface area contributed by atoms with Gasteiger partial charge in [0, 0.05) is 12.2 Å². The number of aliphatic hydroxyl groups excluding tert-OH is 1. The van der Waals surface area contributed by atoms with E-state index in [4.69, 9.17) is 4.74 Å². The Balaban J connectivity index is 1.88. The van der Waals surface area contributed by atoms with Crippen LogP contribution in [0.4, 0.5) is 11.4 Å². The molecular weight excluding hydrogens is 561 g/mol. The van der Waals surface area contributed by atoms with Crippen molar-refractivity contribution >= 4 is 34.9 Å². The Hall–Kier alpha value is -3.45. The lowest BCUT2D eigenvalue weighted by molar-refractivity contribution is -0.122. The molecule has 2 atom stereocenters. The predicted octanol–water partition coefficient (Wildman–Crippen LogP) is 2.63. The smallest absolute Gasteiger partial charge is 0.329 e. The number of carbonyl (C=O) groups excluding carboxylic acids is 1. The summed E-state index contributed by atoms with van der Waals surface area (Å²) in [6.45, 7) is 1.45. The molecule has 0 heterocycles. The summed E-state index contributed by atoms with van der Waals surface area (Å²) in [5, 5.41) is 26.7. The number of benzene rings is 3. The van der Waals surface area contributed by atoms with E-state index in [0.29, 0.717) is 22.6 Å². The zero-order valence-electron chi connectivity index (χ0n) is 22.0. The quantitative estimate of drug-likeness (QED) is 0.121. The fraction of sp³-hybridized carbons (Fsp3) is 0.269. The fourth-order valence-corrected chi connectivity index (χ4v) is 5.18. The van der Waals surface area contributed by atoms with E-state index >= 15 is 0 Å². The van der Waals surface area contributed by atoms with Gasteiger partial charge in [0.1, 0.15) is 17.0 Å². The van der Waals surface area contributed by atoms with Crippen LogP contribution >= 0.6 is 7.60 Å². The van der Waals surface area contributed by atoms with Gasteiger partial charge >= 0.3 is 7.60 Å². The van der Waals surface area contributed by atoms with E-state index in [2.05, 4.69) is 15.4 Å². The van der Waals surface area contributed by atoms with Crippen LogP contribution in [0.25, 0.3) is 0 Å². The van der Waals surface area contributed by atoms with E-state index < -0.39 is 41.3 Å². The molecule has 7 N–H and O–H groups in total. The number of nitrogens with one attached hydrogen (secondary N) is 3. The fourth-order valence-electron chi connectivity index (χ4n) is 3.94. The second-order valence-electron chi connectivity index (χ2n) is 9.38. The van der Waals surface area contributed by atoms with Crippen LogP contribution in [0.1, 0.15) is 29.7 Å². The summed E-state index contributed by atoms with van der Waals surface area (Å²) in [6, 6.07) is 16.8. The molecule has 0 spiro atoms. The number of aromatic hydroxyl groups is 1. The second-order valence-corrected chi connectivity index (χ2v) is 12.8. The summed E-state index contributed by atoms with van der Waals surface area (Å²) in [6.07, 6.45) is -0.768. The lowest BCUT2D eigenvalue weighted by atomic mass is 9.90. The molecule has 3 aromatic rings. The zero-order valence-corrected chi connectivity index (χ0v) is 23.7. The van der Waals surface area contributed by atoms with E-state index in [9.17, 15) is 37.8 Å². The highest BCUT2D eigenvalue weighted by molar-refractivity contribution is 7.92. The SMILES string of the molecule is COc1ccc([C@](C)(NCC(O)c2ccc(O)c(NS(C)(=O)=O)c2)C(=O)Nc2cccc(CP(=O)(O)O)c2)cc1. The highest BCUT2D eigenvalue weighted by Gasteiger charge is 2.36. The molecule has 0 saturated carbocycles. The molecule has 1 unspecified atom stereocenters. The molecule has 3 aromatic carbocycles. The largest absolute Gasteiger partial charge is 0.506 e. The first kappa shape index (κ1) is 31.1. The van der Waals surface area contributed by atoms with Gasteiger partial charge in [0.25, 0.3) is 0 Å². The Morgan fingerprint density at radius 2 is 1.75 bits per heavy atom. The minimum atomic E-state index is -4.32. The van der Waals surface area contributed by atoms with Gasteiger partial charge in [0.2, 0.25) is 15.9 Å². The number of phenolic OH excluding ortho intramolecular Hbond substituents is 1. The molecule has 0 bridgehead atoms. The Kier molecular flexibility index (Phi) is 9.62. The van der Waals surface area contributed by atoms with Crippen molar-refractivity contribution in [3.05, 3.63) is 83.4 Å². The number of ether oxygens (including phenoxy) is 1. The average molecular weight is 594 g/mol. The lowest BCUT2D eigenvalue weighted by Gasteiger charge is -2.31. The monoisotopic (exact) mass is 593 g/mol. The first-order valence-electron chi connectivity index (χ1n) is 11.9. The van der Waals surface area contributed by atoms with Crippen molar-refractivity contribution in [1.82, 2.24) is 5.32 Å². The van der Waals surface area contributed by atoms with Crippen LogP contribution in [0.5, 0.6) is 11.5 Å². The van der Waals surface area contributed by atoms with E-state index in [-0.39, 0.29) is 23.5 Å². The maximum absolute atomic E-state index is 13.6. The number of hydrogen-bond acceptors (Lipinski definition) is 8. The third kappa shape index (κ3) is 8.52. The van der Waals surface area contributed by atoms with Crippen LogP contribution < -0.4 is 20.1 Å². The summed E-state index contributed by atoms with van der Waals surface area (Å²) < 4.78 is 42.1. The minimum absolute atomic E-state index is 0.107. The van der Waals surface area contributed by atoms with Crippen LogP contribution in [-0.4, -0.2) is 54.2 Å². The molecule has 40 heavy (non-hydrogen) atoms. The number of carbonyl (C=O) groups is 1.